The molecule has 2 aromatic rings. The maximum atomic E-state index is 12.2. The van der Waals surface area contributed by atoms with Gasteiger partial charge in [-0.05, 0) is 38.1 Å². The summed E-state index contributed by atoms with van der Waals surface area (Å²) in [7, 11) is 1.96. The van der Waals surface area contributed by atoms with Crippen molar-refractivity contribution in [2.75, 3.05) is 7.05 Å². The Kier molecular flexibility index (Phi) is 4.53. The highest BCUT2D eigenvalue weighted by molar-refractivity contribution is 5.95. The third-order valence-electron chi connectivity index (χ3n) is 4.36. The van der Waals surface area contributed by atoms with Crippen LogP contribution in [0.25, 0.3) is 17.1 Å². The zero-order chi connectivity index (χ0) is 15.4. The number of nitrogens with one attached hydrogen (secondary N) is 3. The first-order valence-electron chi connectivity index (χ1n) is 7.86. The highest BCUT2D eigenvalue weighted by Gasteiger charge is 2.24. The fraction of sp³-hybridized carbons (Fsp3) is 0.412. The van der Waals surface area contributed by atoms with Crippen molar-refractivity contribution in [3.05, 3.63) is 36.2 Å². The van der Waals surface area contributed by atoms with Gasteiger partial charge in [0.1, 0.15) is 5.65 Å². The minimum absolute atomic E-state index is 0.0367. The summed E-state index contributed by atoms with van der Waals surface area (Å²) in [5.41, 5.74) is 1.82. The number of aromatic amines is 1. The fourth-order valence-corrected chi connectivity index (χ4v) is 3.16. The van der Waals surface area contributed by atoms with Crippen LogP contribution in [0.1, 0.15) is 31.2 Å². The van der Waals surface area contributed by atoms with E-state index in [1.165, 1.54) is 12.8 Å². The number of hydrogen-bond donors (Lipinski definition) is 3. The number of rotatable bonds is 4. The molecule has 22 heavy (non-hydrogen) atoms. The van der Waals surface area contributed by atoms with Gasteiger partial charge in [0, 0.05) is 41.5 Å². The highest BCUT2D eigenvalue weighted by Crippen LogP contribution is 2.19. The van der Waals surface area contributed by atoms with E-state index < -0.39 is 0 Å². The lowest BCUT2D eigenvalue weighted by Crippen LogP contribution is -2.50. The monoisotopic (exact) mass is 298 g/mol. The second-order valence-electron chi connectivity index (χ2n) is 5.77. The van der Waals surface area contributed by atoms with E-state index in [0.29, 0.717) is 6.04 Å². The number of aromatic nitrogens is 2. The van der Waals surface area contributed by atoms with Gasteiger partial charge in [0.05, 0.1) is 0 Å². The van der Waals surface area contributed by atoms with Crippen LogP contribution in [0.2, 0.25) is 0 Å². The molecular weight excluding hydrogens is 276 g/mol. The molecule has 0 bridgehead atoms. The SMILES string of the molecule is CN[C@H]1CCCC[C@@H]1NC(=O)C=Cc1c[nH]c2ncccc12. The van der Waals surface area contributed by atoms with Gasteiger partial charge < -0.3 is 15.6 Å². The molecule has 0 aromatic carbocycles. The predicted octanol–water partition coefficient (Wildman–Crippen LogP) is 2.22. The van der Waals surface area contributed by atoms with Crippen LogP contribution in [0.15, 0.2) is 30.6 Å². The lowest BCUT2D eigenvalue weighted by Gasteiger charge is -2.31. The summed E-state index contributed by atoms with van der Waals surface area (Å²) in [4.78, 5) is 19.5. The smallest absolute Gasteiger partial charge is 0.244 e. The average molecular weight is 298 g/mol. The highest BCUT2D eigenvalue weighted by atomic mass is 16.1. The summed E-state index contributed by atoms with van der Waals surface area (Å²) in [6.45, 7) is 0. The van der Waals surface area contributed by atoms with E-state index in [1.54, 1.807) is 12.3 Å². The number of pyridine rings is 1. The van der Waals surface area contributed by atoms with Gasteiger partial charge >= 0.3 is 0 Å². The van der Waals surface area contributed by atoms with Crippen LogP contribution in [0, 0.1) is 0 Å². The number of carbonyl (C=O) groups excluding carboxylic acids is 1. The van der Waals surface area contributed by atoms with Crippen molar-refractivity contribution >= 4 is 23.0 Å². The van der Waals surface area contributed by atoms with Crippen molar-refractivity contribution in [2.45, 2.75) is 37.8 Å². The molecule has 5 nitrogen and oxygen atoms in total. The number of amides is 1. The number of hydrogen-bond acceptors (Lipinski definition) is 3. The van der Waals surface area contributed by atoms with Crippen LogP contribution in [0.3, 0.4) is 0 Å². The van der Waals surface area contributed by atoms with Crippen molar-refractivity contribution in [3.8, 4) is 0 Å². The zero-order valence-corrected chi connectivity index (χ0v) is 12.8. The fourth-order valence-electron chi connectivity index (χ4n) is 3.16. The quantitative estimate of drug-likeness (QED) is 0.758. The number of carbonyl (C=O) groups is 1. The topological polar surface area (TPSA) is 69.8 Å². The van der Waals surface area contributed by atoms with Crippen LogP contribution in [0.5, 0.6) is 0 Å². The van der Waals surface area contributed by atoms with Crippen molar-refractivity contribution in [2.24, 2.45) is 0 Å². The number of nitrogens with zero attached hydrogens (tertiary/aromatic N) is 1. The summed E-state index contributed by atoms with van der Waals surface area (Å²) in [6.07, 6.45) is 11.7. The molecule has 3 N–H and O–H groups in total. The second-order valence-corrected chi connectivity index (χ2v) is 5.77. The standard InChI is InChI=1S/C17H22N4O/c1-18-14-6-2-3-7-15(14)21-16(22)9-8-12-11-20-17-13(12)5-4-10-19-17/h4-5,8-11,14-15,18H,2-3,6-7H2,1H3,(H,19,20)(H,21,22)/t14-,15-/m0/s1. The van der Waals surface area contributed by atoms with Gasteiger partial charge in [0.25, 0.3) is 0 Å². The van der Waals surface area contributed by atoms with E-state index in [9.17, 15) is 4.79 Å². The summed E-state index contributed by atoms with van der Waals surface area (Å²) in [6, 6.07) is 4.49. The largest absolute Gasteiger partial charge is 0.348 e. The van der Waals surface area contributed by atoms with E-state index in [1.807, 2.05) is 31.5 Å². The van der Waals surface area contributed by atoms with E-state index in [-0.39, 0.29) is 11.9 Å². The summed E-state index contributed by atoms with van der Waals surface area (Å²) in [5, 5.41) is 7.44. The first-order valence-corrected chi connectivity index (χ1v) is 7.86. The molecule has 2 heterocycles. The predicted molar refractivity (Wildman–Crippen MR) is 88.4 cm³/mol. The zero-order valence-electron chi connectivity index (χ0n) is 12.8. The van der Waals surface area contributed by atoms with Crippen molar-refractivity contribution in [3.63, 3.8) is 0 Å². The third kappa shape index (κ3) is 3.20. The van der Waals surface area contributed by atoms with Gasteiger partial charge in [-0.1, -0.05) is 12.8 Å². The third-order valence-corrected chi connectivity index (χ3v) is 4.36. The lowest BCUT2D eigenvalue weighted by molar-refractivity contribution is -0.117. The molecule has 1 aliphatic rings. The molecule has 0 saturated heterocycles. The summed E-state index contributed by atoms with van der Waals surface area (Å²) < 4.78 is 0. The Bertz CT molecular complexity index is 676. The molecule has 1 amide bonds. The van der Waals surface area contributed by atoms with Crippen LogP contribution in [0.4, 0.5) is 0 Å². The van der Waals surface area contributed by atoms with Crippen molar-refractivity contribution in [1.29, 1.82) is 0 Å². The van der Waals surface area contributed by atoms with E-state index in [0.717, 1.165) is 29.4 Å². The summed E-state index contributed by atoms with van der Waals surface area (Å²) in [5.74, 6) is -0.0367. The first kappa shape index (κ1) is 14.8. The lowest BCUT2D eigenvalue weighted by atomic mass is 9.90. The summed E-state index contributed by atoms with van der Waals surface area (Å²) >= 11 is 0. The molecule has 2 atom stereocenters. The van der Waals surface area contributed by atoms with Gasteiger partial charge in [-0.3, -0.25) is 4.79 Å². The molecule has 0 unspecified atom stereocenters. The Balaban J connectivity index is 1.66. The molecule has 1 fully saturated rings. The molecule has 5 heteroatoms. The number of fused-ring (bicyclic) bond motifs is 1. The van der Waals surface area contributed by atoms with Crippen LogP contribution in [-0.4, -0.2) is 35.0 Å². The van der Waals surface area contributed by atoms with Gasteiger partial charge in [0.2, 0.25) is 5.91 Å². The Hall–Kier alpha value is -2.14. The first-order chi connectivity index (χ1) is 10.8. The molecule has 2 aromatic heterocycles. The van der Waals surface area contributed by atoms with E-state index >= 15 is 0 Å². The Morgan fingerprint density at radius 3 is 3.00 bits per heavy atom. The molecule has 0 radical (unpaired) electrons. The van der Waals surface area contributed by atoms with Gasteiger partial charge in [-0.25, -0.2) is 4.98 Å². The number of H-pyrrole nitrogens is 1. The number of likely N-dealkylation sites (N-methyl/N-ethyl adjacent to an activating group) is 1. The molecule has 1 aliphatic carbocycles. The minimum Gasteiger partial charge on any atom is -0.348 e. The molecule has 0 spiro atoms. The Labute approximate surface area is 130 Å². The molecule has 1 saturated carbocycles. The minimum atomic E-state index is -0.0367. The normalized spacial score (nSPS) is 22.2. The van der Waals surface area contributed by atoms with Crippen molar-refractivity contribution < 1.29 is 4.79 Å². The van der Waals surface area contributed by atoms with E-state index in [2.05, 4.69) is 20.6 Å². The Morgan fingerprint density at radius 1 is 1.36 bits per heavy atom. The maximum Gasteiger partial charge on any atom is 0.244 e. The van der Waals surface area contributed by atoms with Crippen LogP contribution >= 0.6 is 0 Å². The maximum absolute atomic E-state index is 12.2. The van der Waals surface area contributed by atoms with Gasteiger partial charge in [-0.2, -0.15) is 0 Å². The molecular formula is C17H22N4O. The van der Waals surface area contributed by atoms with Crippen molar-refractivity contribution in [1.82, 2.24) is 20.6 Å². The van der Waals surface area contributed by atoms with Crippen LogP contribution in [-0.2, 0) is 4.79 Å². The van der Waals surface area contributed by atoms with Gasteiger partial charge in [0.15, 0.2) is 0 Å². The molecule has 3 rings (SSSR count). The van der Waals surface area contributed by atoms with Gasteiger partial charge in [-0.15, -0.1) is 0 Å². The van der Waals surface area contributed by atoms with E-state index in [4.69, 9.17) is 0 Å². The molecule has 0 aliphatic heterocycles. The Morgan fingerprint density at radius 2 is 2.18 bits per heavy atom. The molecule has 116 valence electrons. The average Bonchev–Trinajstić information content (AvgIpc) is 2.97. The second kappa shape index (κ2) is 6.75. The van der Waals surface area contributed by atoms with Crippen LogP contribution < -0.4 is 10.6 Å².